The van der Waals surface area contributed by atoms with E-state index < -0.39 is 6.10 Å². The van der Waals surface area contributed by atoms with Gasteiger partial charge in [0.2, 0.25) is 5.91 Å². The van der Waals surface area contributed by atoms with Crippen molar-refractivity contribution in [1.29, 1.82) is 0 Å². The first-order chi connectivity index (χ1) is 14.4. The van der Waals surface area contributed by atoms with E-state index in [9.17, 15) is 14.7 Å². The molecule has 0 bridgehead atoms. The molecular formula is C23H27ClN2O4. The Kier molecular flexibility index (Phi) is 7.57. The fourth-order valence-corrected chi connectivity index (χ4v) is 3.61. The Morgan fingerprint density at radius 2 is 1.63 bits per heavy atom. The number of rotatable bonds is 6. The summed E-state index contributed by atoms with van der Waals surface area (Å²) in [6, 6.07) is 13.8. The van der Waals surface area contributed by atoms with Crippen molar-refractivity contribution in [1.82, 2.24) is 9.80 Å². The van der Waals surface area contributed by atoms with Gasteiger partial charge in [-0.1, -0.05) is 23.7 Å². The third kappa shape index (κ3) is 6.13. The number of hydrogen-bond acceptors (Lipinski definition) is 4. The summed E-state index contributed by atoms with van der Waals surface area (Å²) >= 11 is 5.90. The van der Waals surface area contributed by atoms with Crippen molar-refractivity contribution in [2.75, 3.05) is 26.2 Å². The molecule has 1 N–H and O–H groups in total. The quantitative estimate of drug-likeness (QED) is 0.761. The lowest BCUT2D eigenvalue weighted by Gasteiger charge is -2.25. The molecule has 160 valence electrons. The minimum absolute atomic E-state index is 0.0986. The van der Waals surface area contributed by atoms with Gasteiger partial charge in [0.05, 0.1) is 0 Å². The molecular weight excluding hydrogens is 404 g/mol. The van der Waals surface area contributed by atoms with Gasteiger partial charge in [-0.2, -0.15) is 0 Å². The van der Waals surface area contributed by atoms with E-state index in [1.54, 1.807) is 24.0 Å². The molecule has 0 saturated carbocycles. The van der Waals surface area contributed by atoms with Crippen molar-refractivity contribution in [2.45, 2.75) is 32.3 Å². The smallest absolute Gasteiger partial charge is 0.263 e. The van der Waals surface area contributed by atoms with Crippen LogP contribution in [0.1, 0.15) is 25.3 Å². The molecule has 6 nitrogen and oxygen atoms in total. The number of ether oxygens (including phenoxy) is 1. The maximum absolute atomic E-state index is 12.8. The zero-order valence-corrected chi connectivity index (χ0v) is 17.8. The van der Waals surface area contributed by atoms with Gasteiger partial charge in [-0.25, -0.2) is 0 Å². The molecule has 30 heavy (non-hydrogen) atoms. The number of carbonyl (C=O) groups is 2. The van der Waals surface area contributed by atoms with Crippen molar-refractivity contribution in [3.8, 4) is 11.5 Å². The van der Waals surface area contributed by atoms with Crippen LogP contribution in [0.4, 0.5) is 0 Å². The van der Waals surface area contributed by atoms with Crippen molar-refractivity contribution in [2.24, 2.45) is 0 Å². The highest BCUT2D eigenvalue weighted by atomic mass is 35.5. The summed E-state index contributed by atoms with van der Waals surface area (Å²) in [6.45, 7) is 3.99. The number of phenols is 1. The fourth-order valence-electron chi connectivity index (χ4n) is 3.48. The molecule has 7 heteroatoms. The van der Waals surface area contributed by atoms with Crippen LogP contribution in [-0.4, -0.2) is 59.0 Å². The van der Waals surface area contributed by atoms with Crippen LogP contribution in [-0.2, 0) is 16.0 Å². The monoisotopic (exact) mass is 430 g/mol. The third-order valence-electron chi connectivity index (χ3n) is 5.20. The molecule has 2 aromatic rings. The molecule has 0 aromatic heterocycles. The largest absolute Gasteiger partial charge is 0.508 e. The number of amides is 2. The number of benzene rings is 2. The second kappa shape index (κ2) is 10.3. The molecule has 2 aromatic carbocycles. The Morgan fingerprint density at radius 3 is 2.33 bits per heavy atom. The standard InChI is InChI=1S/C23H27ClN2O4/c1-17(30-21-10-8-20(27)9-11-21)23(29)26-14-2-13-25(15-16-26)22(28)12-5-18-3-6-19(24)7-4-18/h3-4,6-11,17,27H,2,5,12-16H2,1H3. The third-order valence-corrected chi connectivity index (χ3v) is 5.45. The van der Waals surface area contributed by atoms with Crippen LogP contribution in [0.3, 0.4) is 0 Å². The Bertz CT molecular complexity index is 855. The average molecular weight is 431 g/mol. The van der Waals surface area contributed by atoms with E-state index in [1.807, 2.05) is 29.2 Å². The highest BCUT2D eigenvalue weighted by molar-refractivity contribution is 6.30. The highest BCUT2D eigenvalue weighted by Gasteiger charge is 2.26. The Balaban J connectivity index is 1.48. The van der Waals surface area contributed by atoms with Crippen LogP contribution in [0, 0.1) is 0 Å². The molecule has 1 saturated heterocycles. The summed E-state index contributed by atoms with van der Waals surface area (Å²) in [7, 11) is 0. The first-order valence-corrected chi connectivity index (χ1v) is 10.6. The molecule has 1 unspecified atom stereocenters. The zero-order chi connectivity index (χ0) is 21.5. The van der Waals surface area contributed by atoms with Gasteiger partial charge in [-0.05, 0) is 61.7 Å². The molecule has 1 aliphatic heterocycles. The normalized spacial score (nSPS) is 15.4. The van der Waals surface area contributed by atoms with Gasteiger partial charge >= 0.3 is 0 Å². The minimum Gasteiger partial charge on any atom is -0.508 e. The lowest BCUT2D eigenvalue weighted by molar-refractivity contribution is -0.138. The van der Waals surface area contributed by atoms with E-state index in [4.69, 9.17) is 16.3 Å². The van der Waals surface area contributed by atoms with E-state index in [0.717, 1.165) is 12.0 Å². The van der Waals surface area contributed by atoms with Crippen LogP contribution in [0.25, 0.3) is 0 Å². The van der Waals surface area contributed by atoms with Crippen molar-refractivity contribution in [3.63, 3.8) is 0 Å². The first-order valence-electron chi connectivity index (χ1n) is 10.2. The number of aryl methyl sites for hydroxylation is 1. The molecule has 1 aliphatic rings. The van der Waals surface area contributed by atoms with Crippen molar-refractivity contribution >= 4 is 23.4 Å². The summed E-state index contributed by atoms with van der Waals surface area (Å²) in [5, 5.41) is 10.0. The summed E-state index contributed by atoms with van der Waals surface area (Å²) in [6.07, 6.45) is 1.22. The molecule has 1 atom stereocenters. The van der Waals surface area contributed by atoms with Gasteiger partial charge in [0.15, 0.2) is 6.10 Å². The number of carbonyl (C=O) groups excluding carboxylic acids is 2. The topological polar surface area (TPSA) is 70.1 Å². The summed E-state index contributed by atoms with van der Waals surface area (Å²) in [4.78, 5) is 29.0. The molecule has 0 aliphatic carbocycles. The maximum Gasteiger partial charge on any atom is 0.263 e. The van der Waals surface area contributed by atoms with E-state index in [1.165, 1.54) is 12.1 Å². The number of hydrogen-bond donors (Lipinski definition) is 1. The second-order valence-corrected chi connectivity index (χ2v) is 7.88. The molecule has 1 fully saturated rings. The van der Waals surface area contributed by atoms with Gasteiger partial charge in [0.1, 0.15) is 11.5 Å². The van der Waals surface area contributed by atoms with E-state index in [0.29, 0.717) is 49.8 Å². The number of halogens is 1. The van der Waals surface area contributed by atoms with Gasteiger partial charge in [0, 0.05) is 37.6 Å². The van der Waals surface area contributed by atoms with Crippen LogP contribution in [0.15, 0.2) is 48.5 Å². The molecule has 0 radical (unpaired) electrons. The Hall–Kier alpha value is -2.73. The van der Waals surface area contributed by atoms with Gasteiger partial charge < -0.3 is 19.6 Å². The predicted octanol–water partition coefficient (Wildman–Crippen LogP) is 3.51. The van der Waals surface area contributed by atoms with Crippen LogP contribution in [0.2, 0.25) is 5.02 Å². The second-order valence-electron chi connectivity index (χ2n) is 7.44. The molecule has 3 rings (SSSR count). The van der Waals surface area contributed by atoms with Crippen molar-refractivity contribution in [3.05, 3.63) is 59.1 Å². The summed E-state index contributed by atoms with van der Waals surface area (Å²) < 4.78 is 5.70. The molecule has 2 amide bonds. The van der Waals surface area contributed by atoms with Crippen LogP contribution in [0.5, 0.6) is 11.5 Å². The molecule has 1 heterocycles. The van der Waals surface area contributed by atoms with Gasteiger partial charge in [0.25, 0.3) is 5.91 Å². The maximum atomic E-state index is 12.8. The van der Waals surface area contributed by atoms with Gasteiger partial charge in [-0.3, -0.25) is 9.59 Å². The number of aromatic hydroxyl groups is 1. The zero-order valence-electron chi connectivity index (χ0n) is 17.1. The summed E-state index contributed by atoms with van der Waals surface area (Å²) in [5.41, 5.74) is 1.08. The lowest BCUT2D eigenvalue weighted by atomic mass is 10.1. The Morgan fingerprint density at radius 1 is 1.00 bits per heavy atom. The van der Waals surface area contributed by atoms with Gasteiger partial charge in [-0.15, -0.1) is 0 Å². The molecule has 0 spiro atoms. The first kappa shape index (κ1) is 22.0. The predicted molar refractivity (Wildman–Crippen MR) is 116 cm³/mol. The van der Waals surface area contributed by atoms with E-state index in [2.05, 4.69) is 0 Å². The minimum atomic E-state index is -0.637. The van der Waals surface area contributed by atoms with Crippen molar-refractivity contribution < 1.29 is 19.4 Å². The van der Waals surface area contributed by atoms with E-state index >= 15 is 0 Å². The lowest BCUT2D eigenvalue weighted by Crippen LogP contribution is -2.43. The number of phenolic OH excluding ortho intramolecular Hbond substituents is 1. The van der Waals surface area contributed by atoms with Crippen LogP contribution >= 0.6 is 11.6 Å². The number of nitrogens with zero attached hydrogens (tertiary/aromatic N) is 2. The summed E-state index contributed by atoms with van der Waals surface area (Å²) in [5.74, 6) is 0.684. The highest BCUT2D eigenvalue weighted by Crippen LogP contribution is 2.18. The van der Waals surface area contributed by atoms with E-state index in [-0.39, 0.29) is 17.6 Å². The van der Waals surface area contributed by atoms with Crippen LogP contribution < -0.4 is 4.74 Å². The fraction of sp³-hybridized carbons (Fsp3) is 0.391. The SMILES string of the molecule is CC(Oc1ccc(O)cc1)C(=O)N1CCCN(C(=O)CCc2ccc(Cl)cc2)CC1. The Labute approximate surface area is 182 Å². The average Bonchev–Trinajstić information content (AvgIpc) is 3.00.